The first-order valence-electron chi connectivity index (χ1n) is 4.36. The number of carboxylic acid groups (broad SMARTS) is 1. The predicted octanol–water partition coefficient (Wildman–Crippen LogP) is 0.994. The van der Waals surface area contributed by atoms with Crippen LogP contribution in [0.3, 0.4) is 0 Å². The van der Waals surface area contributed by atoms with Crippen molar-refractivity contribution in [3.05, 3.63) is 20.3 Å². The lowest BCUT2D eigenvalue weighted by Crippen LogP contribution is -2.43. The highest BCUT2D eigenvalue weighted by molar-refractivity contribution is 9.11. The molecule has 0 aromatic carbocycles. The molecule has 0 bridgehead atoms. The number of hydrogen-bond acceptors (Lipinski definition) is 4. The summed E-state index contributed by atoms with van der Waals surface area (Å²) >= 11 is 4.49. The second kappa shape index (κ2) is 5.42. The molecule has 0 aliphatic heterocycles. The third kappa shape index (κ3) is 3.03. The largest absolute Gasteiger partial charge is 0.480 e. The molecule has 7 heteroatoms. The maximum atomic E-state index is 11.6. The molecule has 1 unspecified atom stereocenters. The molecule has 0 aliphatic rings. The van der Waals surface area contributed by atoms with E-state index in [9.17, 15) is 9.59 Å². The van der Waals surface area contributed by atoms with Gasteiger partial charge in [0, 0.05) is 0 Å². The number of halogens is 1. The van der Waals surface area contributed by atoms with E-state index in [0.29, 0.717) is 4.88 Å². The van der Waals surface area contributed by atoms with Crippen LogP contribution in [0.25, 0.3) is 0 Å². The molecule has 0 saturated heterocycles. The maximum absolute atomic E-state index is 11.6. The van der Waals surface area contributed by atoms with Gasteiger partial charge in [-0.25, -0.2) is 4.79 Å². The fourth-order valence-electron chi connectivity index (χ4n) is 0.987. The summed E-state index contributed by atoms with van der Waals surface area (Å²) in [5.41, 5.74) is 0.908. The van der Waals surface area contributed by atoms with Gasteiger partial charge in [0.15, 0.2) is 6.04 Å². The third-order valence-corrected chi connectivity index (χ3v) is 4.00. The van der Waals surface area contributed by atoms with Crippen molar-refractivity contribution in [3.63, 3.8) is 0 Å². The van der Waals surface area contributed by atoms with Gasteiger partial charge in [-0.1, -0.05) is 0 Å². The quantitative estimate of drug-likeness (QED) is 0.774. The third-order valence-electron chi connectivity index (χ3n) is 1.87. The van der Waals surface area contributed by atoms with Crippen LogP contribution in [0, 0.1) is 6.92 Å². The zero-order valence-corrected chi connectivity index (χ0v) is 10.8. The van der Waals surface area contributed by atoms with Crippen LogP contribution in [-0.4, -0.2) is 34.7 Å². The highest BCUT2D eigenvalue weighted by Gasteiger charge is 2.20. The Morgan fingerprint density at radius 3 is 2.62 bits per heavy atom. The van der Waals surface area contributed by atoms with Crippen molar-refractivity contribution >= 4 is 39.1 Å². The van der Waals surface area contributed by atoms with Crippen LogP contribution in [0.15, 0.2) is 9.85 Å². The molecule has 16 heavy (non-hydrogen) atoms. The Bertz CT molecular complexity index is 398. The molecule has 1 amide bonds. The number of amides is 1. The van der Waals surface area contributed by atoms with E-state index in [0.717, 1.165) is 9.35 Å². The summed E-state index contributed by atoms with van der Waals surface area (Å²) in [6, 6.07) is 0.383. The molecular formula is C9H10BrNO4S. The minimum Gasteiger partial charge on any atom is -0.480 e. The number of hydrogen-bond donors (Lipinski definition) is 3. The van der Waals surface area contributed by atoms with Gasteiger partial charge in [0.05, 0.1) is 15.3 Å². The van der Waals surface area contributed by atoms with Crippen molar-refractivity contribution < 1.29 is 19.8 Å². The Morgan fingerprint density at radius 2 is 2.25 bits per heavy atom. The zero-order chi connectivity index (χ0) is 12.3. The van der Waals surface area contributed by atoms with Gasteiger partial charge in [0.2, 0.25) is 0 Å². The summed E-state index contributed by atoms with van der Waals surface area (Å²) in [6.07, 6.45) is 0. The van der Waals surface area contributed by atoms with E-state index in [1.165, 1.54) is 11.3 Å². The molecule has 0 saturated carbocycles. The predicted molar refractivity (Wildman–Crippen MR) is 62.7 cm³/mol. The van der Waals surface area contributed by atoms with E-state index in [2.05, 4.69) is 21.2 Å². The van der Waals surface area contributed by atoms with Gasteiger partial charge in [-0.2, -0.15) is 0 Å². The maximum Gasteiger partial charge on any atom is 0.328 e. The number of aliphatic hydroxyl groups is 1. The summed E-state index contributed by atoms with van der Waals surface area (Å²) in [4.78, 5) is 22.6. The summed E-state index contributed by atoms with van der Waals surface area (Å²) < 4.78 is 0.827. The minimum absolute atomic E-state index is 0.407. The molecule has 1 atom stereocenters. The number of rotatable bonds is 4. The van der Waals surface area contributed by atoms with Crippen molar-refractivity contribution in [2.24, 2.45) is 0 Å². The Morgan fingerprint density at radius 1 is 1.62 bits per heavy atom. The van der Waals surface area contributed by atoms with Crippen LogP contribution in [0.4, 0.5) is 0 Å². The van der Waals surface area contributed by atoms with Gasteiger partial charge < -0.3 is 15.5 Å². The topological polar surface area (TPSA) is 86.6 Å². The van der Waals surface area contributed by atoms with Crippen molar-refractivity contribution in [1.82, 2.24) is 5.32 Å². The van der Waals surface area contributed by atoms with E-state index < -0.39 is 24.5 Å². The van der Waals surface area contributed by atoms with Crippen LogP contribution in [0.5, 0.6) is 0 Å². The van der Waals surface area contributed by atoms with Crippen LogP contribution in [-0.2, 0) is 4.79 Å². The number of aryl methyl sites for hydroxylation is 1. The molecule has 0 fully saturated rings. The number of carboxylic acids is 1. The molecule has 1 rings (SSSR count). The Kier molecular flexibility index (Phi) is 4.45. The Hall–Kier alpha value is -0.920. The molecule has 1 heterocycles. The summed E-state index contributed by atoms with van der Waals surface area (Å²) in [5, 5.41) is 19.6. The van der Waals surface area contributed by atoms with Crippen molar-refractivity contribution in [2.45, 2.75) is 13.0 Å². The van der Waals surface area contributed by atoms with E-state index in [-0.39, 0.29) is 0 Å². The normalized spacial score (nSPS) is 12.2. The second-order valence-electron chi connectivity index (χ2n) is 3.11. The number of aliphatic hydroxyl groups excluding tert-OH is 1. The number of thiophene rings is 1. The second-order valence-corrected chi connectivity index (χ2v) is 5.48. The van der Waals surface area contributed by atoms with Gasteiger partial charge in [-0.3, -0.25) is 4.79 Å². The Labute approximate surface area is 104 Å². The highest BCUT2D eigenvalue weighted by Crippen LogP contribution is 2.27. The first kappa shape index (κ1) is 13.1. The number of carbonyl (C=O) groups is 2. The van der Waals surface area contributed by atoms with Crippen molar-refractivity contribution in [2.75, 3.05) is 6.61 Å². The molecular weight excluding hydrogens is 298 g/mol. The van der Waals surface area contributed by atoms with Crippen molar-refractivity contribution in [1.29, 1.82) is 0 Å². The van der Waals surface area contributed by atoms with Crippen LogP contribution < -0.4 is 5.32 Å². The summed E-state index contributed by atoms with van der Waals surface area (Å²) in [7, 11) is 0. The molecule has 0 radical (unpaired) electrons. The summed E-state index contributed by atoms with van der Waals surface area (Å²) in [5.74, 6) is -1.76. The SMILES string of the molecule is Cc1cc(C(=O)NC(CO)C(=O)O)sc1Br. The van der Waals surface area contributed by atoms with Gasteiger partial charge in [0.25, 0.3) is 5.91 Å². The van der Waals surface area contributed by atoms with Gasteiger partial charge in [-0.05, 0) is 34.5 Å². The minimum atomic E-state index is -1.27. The molecule has 3 N–H and O–H groups in total. The van der Waals surface area contributed by atoms with E-state index in [1.807, 2.05) is 6.92 Å². The molecule has 0 aliphatic carbocycles. The van der Waals surface area contributed by atoms with Crippen molar-refractivity contribution in [3.8, 4) is 0 Å². The monoisotopic (exact) mass is 307 g/mol. The van der Waals surface area contributed by atoms with Crippen LogP contribution in [0.1, 0.15) is 15.2 Å². The molecule has 0 spiro atoms. The zero-order valence-electron chi connectivity index (χ0n) is 8.36. The number of carbonyl (C=O) groups excluding carboxylic acids is 1. The van der Waals surface area contributed by atoms with Gasteiger partial charge in [0.1, 0.15) is 0 Å². The van der Waals surface area contributed by atoms with Gasteiger partial charge >= 0.3 is 5.97 Å². The molecule has 5 nitrogen and oxygen atoms in total. The fourth-order valence-corrected chi connectivity index (χ4v) is 2.42. The molecule has 88 valence electrons. The lowest BCUT2D eigenvalue weighted by Gasteiger charge is -2.10. The molecule has 1 aromatic heterocycles. The Balaban J connectivity index is 2.75. The smallest absolute Gasteiger partial charge is 0.328 e. The lowest BCUT2D eigenvalue weighted by atomic mass is 10.3. The van der Waals surface area contributed by atoms with E-state index in [4.69, 9.17) is 10.2 Å². The molecule has 1 aromatic rings. The van der Waals surface area contributed by atoms with Crippen LogP contribution >= 0.6 is 27.3 Å². The fraction of sp³-hybridized carbons (Fsp3) is 0.333. The van der Waals surface area contributed by atoms with E-state index >= 15 is 0 Å². The van der Waals surface area contributed by atoms with Gasteiger partial charge in [-0.15, -0.1) is 11.3 Å². The average Bonchev–Trinajstić information content (AvgIpc) is 2.55. The average molecular weight is 308 g/mol. The highest BCUT2D eigenvalue weighted by atomic mass is 79.9. The first-order chi connectivity index (χ1) is 7.45. The number of nitrogens with one attached hydrogen (secondary N) is 1. The van der Waals surface area contributed by atoms with Crippen LogP contribution in [0.2, 0.25) is 0 Å². The summed E-state index contributed by atoms with van der Waals surface area (Å²) in [6.45, 7) is 1.20. The number of aliphatic carboxylic acids is 1. The standard InChI is InChI=1S/C9H10BrNO4S/c1-4-2-6(16-7(4)10)8(13)11-5(3-12)9(14)15/h2,5,12H,3H2,1H3,(H,11,13)(H,14,15). The first-order valence-corrected chi connectivity index (χ1v) is 5.97. The lowest BCUT2D eigenvalue weighted by molar-refractivity contribution is -0.140. The van der Waals surface area contributed by atoms with E-state index in [1.54, 1.807) is 6.07 Å².